The molecule has 9 N–H and O–H groups in total. The number of aliphatic carboxylic acids is 4. The molecule has 0 radical (unpaired) electrons. The lowest BCUT2D eigenvalue weighted by Gasteiger charge is -2.23. The summed E-state index contributed by atoms with van der Waals surface area (Å²) in [5.74, 6) is -4.59. The second-order valence-corrected chi connectivity index (χ2v) is 13.7. The normalized spacial score (nSPS) is 12.5. The topological polar surface area (TPSA) is 318 Å². The number of nitrogens with two attached hydrogens (primary N) is 1. The molecule has 2 atom stereocenters. The highest BCUT2D eigenvalue weighted by atomic mass is 32.2. The molecule has 0 aliphatic heterocycles. The lowest BCUT2D eigenvalue weighted by atomic mass is 10.1. The summed E-state index contributed by atoms with van der Waals surface area (Å²) in [6.07, 6.45) is 6.34. The molecule has 0 spiro atoms. The number of carboxylic acids is 4. The number of aromatic nitrogens is 4. The van der Waals surface area contributed by atoms with Gasteiger partial charge in [0.2, 0.25) is 15.9 Å². The van der Waals surface area contributed by atoms with E-state index in [0.29, 0.717) is 31.0 Å². The minimum absolute atomic E-state index is 0.0389. The predicted octanol–water partition coefficient (Wildman–Crippen LogP) is -0.587. The van der Waals surface area contributed by atoms with Crippen molar-refractivity contribution in [1.82, 2.24) is 40.0 Å². The molecule has 3 aromatic rings. The summed E-state index contributed by atoms with van der Waals surface area (Å²) in [6, 6.07) is 1.80. The zero-order valence-corrected chi connectivity index (χ0v) is 29.9. The van der Waals surface area contributed by atoms with Crippen LogP contribution in [0, 0.1) is 0 Å². The number of carboxylic acid groups (broad SMARTS) is 4. The largest absolute Gasteiger partial charge is 0.480 e. The highest BCUT2D eigenvalue weighted by molar-refractivity contribution is 7.89. The van der Waals surface area contributed by atoms with Gasteiger partial charge in [-0.1, -0.05) is 12.1 Å². The number of primary sulfonamides is 1. The summed E-state index contributed by atoms with van der Waals surface area (Å²) in [5.41, 5.74) is 0.719. The van der Waals surface area contributed by atoms with Crippen molar-refractivity contribution in [2.45, 2.75) is 81.7 Å². The van der Waals surface area contributed by atoms with E-state index >= 15 is 0 Å². The van der Waals surface area contributed by atoms with Gasteiger partial charge in [-0.3, -0.25) is 19.3 Å². The van der Waals surface area contributed by atoms with Gasteiger partial charge in [-0.15, -0.1) is 0 Å². The van der Waals surface area contributed by atoms with Gasteiger partial charge in [0.05, 0.1) is 18.0 Å². The van der Waals surface area contributed by atoms with Crippen LogP contribution < -0.4 is 21.1 Å². The molecule has 2 aromatic heterocycles. The molecule has 1 unspecified atom stereocenters. The van der Waals surface area contributed by atoms with Gasteiger partial charge in [-0.25, -0.2) is 37.9 Å². The van der Waals surface area contributed by atoms with Crippen molar-refractivity contribution in [3.05, 3.63) is 66.3 Å². The summed E-state index contributed by atoms with van der Waals surface area (Å²) in [6.45, 7) is 0.161. The van der Waals surface area contributed by atoms with Crippen LogP contribution in [0.2, 0.25) is 0 Å². The van der Waals surface area contributed by atoms with Gasteiger partial charge >= 0.3 is 29.9 Å². The molecule has 0 fully saturated rings. The zero-order valence-electron chi connectivity index (χ0n) is 29.0. The number of carbonyl (C=O) groups is 6. The Kier molecular flexibility index (Phi) is 16.1. The average molecular weight is 778 g/mol. The Balaban J connectivity index is 1.50. The highest BCUT2D eigenvalue weighted by Crippen LogP contribution is 2.13. The predicted molar refractivity (Wildman–Crippen MR) is 186 cm³/mol. The fraction of sp³-hybridized carbons (Fsp3) is 0.438. The first-order chi connectivity index (χ1) is 25.5. The monoisotopic (exact) mass is 777 g/mol. The molecule has 21 nitrogen and oxygen atoms in total. The van der Waals surface area contributed by atoms with Crippen LogP contribution in [0.3, 0.4) is 0 Å². The number of hydrogen-bond acceptors (Lipinski definition) is 11. The molecular formula is C32H43N9O12S. The first-order valence-electron chi connectivity index (χ1n) is 16.6. The number of carbonyl (C=O) groups excluding carboxylic acids is 2. The van der Waals surface area contributed by atoms with Crippen LogP contribution in [0.5, 0.6) is 0 Å². The SMILES string of the molecule is NS(=O)(=O)c1ccc(CCNC(=O)CC[C@H](NC(=O)NC(CCCCN(Cc2nccn2CC(=O)O)Cc2nccn2CC(=O)O)C(=O)O)C(=O)O)cc1. The Hall–Kier alpha value is -5.87. The summed E-state index contributed by atoms with van der Waals surface area (Å²) in [7, 11) is -3.84. The maximum atomic E-state index is 12.6. The molecule has 54 heavy (non-hydrogen) atoms. The fourth-order valence-electron chi connectivity index (χ4n) is 5.29. The van der Waals surface area contributed by atoms with E-state index in [1.54, 1.807) is 12.1 Å². The lowest BCUT2D eigenvalue weighted by molar-refractivity contribution is -0.140. The van der Waals surface area contributed by atoms with Gasteiger partial charge < -0.3 is 45.5 Å². The third-order valence-corrected chi connectivity index (χ3v) is 8.95. The third-order valence-electron chi connectivity index (χ3n) is 8.02. The number of hydrogen-bond donors (Lipinski definition) is 8. The van der Waals surface area contributed by atoms with Gasteiger partial charge in [0.15, 0.2) is 0 Å². The summed E-state index contributed by atoms with van der Waals surface area (Å²) < 4.78 is 25.7. The number of urea groups is 1. The minimum atomic E-state index is -3.84. The van der Waals surface area contributed by atoms with Crippen LogP contribution in [0.1, 0.15) is 49.3 Å². The second-order valence-electron chi connectivity index (χ2n) is 12.2. The lowest BCUT2D eigenvalue weighted by Crippen LogP contribution is -2.51. The number of imidazole rings is 2. The Labute approximate surface area is 309 Å². The van der Waals surface area contributed by atoms with Crippen LogP contribution in [0.25, 0.3) is 0 Å². The van der Waals surface area contributed by atoms with Gasteiger partial charge in [0.1, 0.15) is 36.8 Å². The summed E-state index contributed by atoms with van der Waals surface area (Å²) in [5, 5.41) is 49.9. The van der Waals surface area contributed by atoms with E-state index in [2.05, 4.69) is 25.9 Å². The highest BCUT2D eigenvalue weighted by Gasteiger charge is 2.25. The summed E-state index contributed by atoms with van der Waals surface area (Å²) >= 11 is 0. The number of amides is 3. The maximum absolute atomic E-state index is 12.6. The fourth-order valence-corrected chi connectivity index (χ4v) is 5.80. The molecule has 0 bridgehead atoms. The number of benzene rings is 1. The maximum Gasteiger partial charge on any atom is 0.326 e. The van der Waals surface area contributed by atoms with Crippen LogP contribution in [0.4, 0.5) is 4.79 Å². The molecule has 0 aliphatic carbocycles. The van der Waals surface area contributed by atoms with E-state index in [0.717, 1.165) is 5.56 Å². The van der Waals surface area contributed by atoms with Gasteiger partial charge in [0.25, 0.3) is 0 Å². The average Bonchev–Trinajstić information content (AvgIpc) is 3.71. The number of nitrogens with one attached hydrogen (secondary N) is 3. The standard InChI is InChI=1S/C32H43N9O12S/c33-54(52,53)22-6-4-21(5-7-22)10-11-36-27(42)9-8-24(31(49)50)38-32(51)37-23(30(47)48)3-1-2-14-39(17-25-34-12-15-40(25)19-28(43)44)18-26-35-13-16-41(26)20-29(45)46/h4-7,12-13,15-16,23-24H,1-3,8-11,14,17-20H2,(H,36,42)(H,43,44)(H,45,46)(H,47,48)(H,49,50)(H2,33,52,53)(H2,37,38,51)/t23?,24-/m0/s1. The van der Waals surface area contributed by atoms with E-state index < -0.39 is 57.9 Å². The minimum Gasteiger partial charge on any atom is -0.480 e. The van der Waals surface area contributed by atoms with Crippen LogP contribution >= 0.6 is 0 Å². The van der Waals surface area contributed by atoms with Gasteiger partial charge in [0, 0.05) is 37.8 Å². The molecule has 2 heterocycles. The van der Waals surface area contributed by atoms with E-state index in [4.69, 9.17) is 5.14 Å². The number of nitrogens with zero attached hydrogens (tertiary/aromatic N) is 5. The molecule has 1 aromatic carbocycles. The van der Waals surface area contributed by atoms with E-state index in [1.165, 1.54) is 46.1 Å². The van der Waals surface area contributed by atoms with Crippen LogP contribution in [-0.4, -0.2) is 114 Å². The molecule has 0 saturated heterocycles. The molecule has 3 rings (SSSR count). The Morgan fingerprint density at radius 3 is 1.78 bits per heavy atom. The van der Waals surface area contributed by atoms with E-state index in [-0.39, 0.29) is 63.3 Å². The van der Waals surface area contributed by atoms with Crippen molar-refractivity contribution >= 4 is 45.8 Å². The summed E-state index contributed by atoms with van der Waals surface area (Å²) in [4.78, 5) is 81.6. The van der Waals surface area contributed by atoms with E-state index in [1.807, 2.05) is 4.90 Å². The van der Waals surface area contributed by atoms with Gasteiger partial charge in [-0.05, 0) is 56.3 Å². The van der Waals surface area contributed by atoms with Crippen molar-refractivity contribution in [3.63, 3.8) is 0 Å². The number of unbranched alkanes of at least 4 members (excludes halogenated alkanes) is 1. The molecule has 3 amide bonds. The smallest absolute Gasteiger partial charge is 0.326 e. The quantitative estimate of drug-likeness (QED) is 0.0527. The first kappa shape index (κ1) is 42.5. The van der Waals surface area contributed by atoms with Crippen molar-refractivity contribution in [2.24, 2.45) is 5.14 Å². The van der Waals surface area contributed by atoms with Crippen molar-refractivity contribution in [2.75, 3.05) is 13.1 Å². The van der Waals surface area contributed by atoms with E-state index in [9.17, 15) is 57.6 Å². The molecule has 0 aliphatic rings. The number of rotatable bonds is 24. The van der Waals surface area contributed by atoms with Gasteiger partial charge in [-0.2, -0.15) is 0 Å². The van der Waals surface area contributed by atoms with Crippen molar-refractivity contribution in [1.29, 1.82) is 0 Å². The number of sulfonamides is 1. The van der Waals surface area contributed by atoms with Crippen molar-refractivity contribution in [3.8, 4) is 0 Å². The second kappa shape index (κ2) is 20.4. The molecule has 294 valence electrons. The molecule has 0 saturated carbocycles. The van der Waals surface area contributed by atoms with Crippen molar-refractivity contribution < 1.29 is 57.6 Å². The Morgan fingerprint density at radius 2 is 1.30 bits per heavy atom. The molecule has 22 heteroatoms. The van der Waals surface area contributed by atoms with Crippen LogP contribution in [0.15, 0.2) is 53.9 Å². The van der Waals surface area contributed by atoms with Crippen LogP contribution in [-0.2, 0) is 66.6 Å². The Bertz CT molecular complexity index is 1820. The molecular weight excluding hydrogens is 734 g/mol. The first-order valence-corrected chi connectivity index (χ1v) is 18.1. The zero-order chi connectivity index (χ0) is 39.8. The Morgan fingerprint density at radius 1 is 0.778 bits per heavy atom. The third kappa shape index (κ3) is 14.6.